The van der Waals surface area contributed by atoms with E-state index in [9.17, 15) is 4.79 Å². The molecule has 4 heteroatoms. The van der Waals surface area contributed by atoms with Crippen molar-refractivity contribution in [1.29, 1.82) is 0 Å². The molecule has 2 rings (SSSR count). The average molecular weight is 207 g/mol. The van der Waals surface area contributed by atoms with E-state index in [-0.39, 0.29) is 0 Å². The molecule has 0 saturated carbocycles. The van der Waals surface area contributed by atoms with Crippen molar-refractivity contribution < 1.29 is 4.79 Å². The monoisotopic (exact) mass is 206 g/mol. The van der Waals surface area contributed by atoms with Gasteiger partial charge in [0, 0.05) is 17.3 Å². The molecule has 0 bridgehead atoms. The van der Waals surface area contributed by atoms with E-state index in [0.29, 0.717) is 17.8 Å². The number of hydrogen-bond donors (Lipinski definition) is 0. The third-order valence-electron chi connectivity index (χ3n) is 1.88. The molecular weight excluding hydrogens is 200 g/mol. The van der Waals surface area contributed by atoms with Gasteiger partial charge in [0.2, 0.25) is 0 Å². The van der Waals surface area contributed by atoms with Crippen molar-refractivity contribution in [3.05, 3.63) is 42.2 Å². The largest absolute Gasteiger partial charge is 0.296 e. The first-order valence-electron chi connectivity index (χ1n) is 4.07. The van der Waals surface area contributed by atoms with Crippen molar-refractivity contribution in [2.24, 2.45) is 0 Å². The highest BCUT2D eigenvalue weighted by molar-refractivity contribution is 6.18. The molecule has 1 aromatic carbocycles. The van der Waals surface area contributed by atoms with Crippen LogP contribution in [0.15, 0.2) is 36.5 Å². The Balaban J connectivity index is 2.53. The molecule has 0 atom stereocenters. The van der Waals surface area contributed by atoms with E-state index < -0.39 is 0 Å². The van der Waals surface area contributed by atoms with Gasteiger partial charge >= 0.3 is 0 Å². The lowest BCUT2D eigenvalue weighted by molar-refractivity contribution is 0.111. The van der Waals surface area contributed by atoms with Gasteiger partial charge in [-0.2, -0.15) is 0 Å². The molecule has 2 aromatic rings. The molecular formula is C10H7ClN2O. The summed E-state index contributed by atoms with van der Waals surface area (Å²) in [6.07, 6.45) is 2.12. The van der Waals surface area contributed by atoms with Gasteiger partial charge in [-0.05, 0) is 0 Å². The normalized spacial score (nSPS) is 10.1. The maximum absolute atomic E-state index is 10.5. The minimum atomic E-state index is 0.352. The van der Waals surface area contributed by atoms with Crippen molar-refractivity contribution in [2.45, 2.75) is 0 Å². The molecule has 0 aliphatic carbocycles. The van der Waals surface area contributed by atoms with Crippen molar-refractivity contribution >= 4 is 18.1 Å². The van der Waals surface area contributed by atoms with Gasteiger partial charge in [0.05, 0.1) is 6.20 Å². The molecule has 14 heavy (non-hydrogen) atoms. The Morgan fingerprint density at radius 1 is 1.29 bits per heavy atom. The Morgan fingerprint density at radius 3 is 2.57 bits per heavy atom. The van der Waals surface area contributed by atoms with Crippen LogP contribution in [0.5, 0.6) is 0 Å². The standard InChI is InChI=1S/C10H7ClN2O/c11-13-9(7-14)6-12-10(13)8-4-2-1-3-5-8/h1-7H. The fourth-order valence-corrected chi connectivity index (χ4v) is 1.43. The fraction of sp³-hybridized carbons (Fsp3) is 0. The first kappa shape index (κ1) is 8.97. The topological polar surface area (TPSA) is 34.9 Å². The van der Waals surface area contributed by atoms with Gasteiger partial charge in [-0.1, -0.05) is 30.3 Å². The Labute approximate surface area is 86.1 Å². The lowest BCUT2D eigenvalue weighted by atomic mass is 10.2. The molecule has 0 radical (unpaired) electrons. The van der Waals surface area contributed by atoms with Crippen LogP contribution in [-0.4, -0.2) is 15.4 Å². The van der Waals surface area contributed by atoms with Gasteiger partial charge in [-0.3, -0.25) is 4.79 Å². The van der Waals surface area contributed by atoms with Crippen molar-refractivity contribution in [2.75, 3.05) is 0 Å². The minimum Gasteiger partial charge on any atom is -0.296 e. The van der Waals surface area contributed by atoms with E-state index >= 15 is 0 Å². The van der Waals surface area contributed by atoms with Crippen LogP contribution in [0.1, 0.15) is 10.5 Å². The first-order chi connectivity index (χ1) is 6.83. The third kappa shape index (κ3) is 1.42. The molecule has 0 unspecified atom stereocenters. The van der Waals surface area contributed by atoms with Gasteiger partial charge in [0.25, 0.3) is 0 Å². The van der Waals surface area contributed by atoms with E-state index in [4.69, 9.17) is 11.8 Å². The van der Waals surface area contributed by atoms with E-state index in [0.717, 1.165) is 5.56 Å². The van der Waals surface area contributed by atoms with Crippen LogP contribution in [0.3, 0.4) is 0 Å². The number of aromatic nitrogens is 2. The van der Waals surface area contributed by atoms with Gasteiger partial charge in [0.15, 0.2) is 12.1 Å². The van der Waals surface area contributed by atoms with Crippen LogP contribution >= 0.6 is 11.8 Å². The molecule has 0 spiro atoms. The van der Waals surface area contributed by atoms with Crippen LogP contribution in [-0.2, 0) is 0 Å². The number of hydrogen-bond acceptors (Lipinski definition) is 2. The molecule has 0 aliphatic heterocycles. The predicted octanol–water partition coefficient (Wildman–Crippen LogP) is 2.36. The van der Waals surface area contributed by atoms with Crippen molar-refractivity contribution in [3.63, 3.8) is 0 Å². The maximum atomic E-state index is 10.5. The third-order valence-corrected chi connectivity index (χ3v) is 2.24. The van der Waals surface area contributed by atoms with Crippen LogP contribution in [0.4, 0.5) is 0 Å². The average Bonchev–Trinajstić information content (AvgIpc) is 2.61. The number of benzene rings is 1. The summed E-state index contributed by atoms with van der Waals surface area (Å²) < 4.78 is 1.25. The van der Waals surface area contributed by atoms with Gasteiger partial charge in [-0.25, -0.2) is 9.07 Å². The molecule has 0 saturated heterocycles. The molecule has 0 amide bonds. The predicted molar refractivity (Wildman–Crippen MR) is 54.3 cm³/mol. The van der Waals surface area contributed by atoms with Crippen molar-refractivity contribution in [1.82, 2.24) is 9.07 Å². The Morgan fingerprint density at radius 2 is 2.00 bits per heavy atom. The molecule has 70 valence electrons. The Hall–Kier alpha value is -1.61. The van der Waals surface area contributed by atoms with Gasteiger partial charge in [-0.15, -0.1) is 0 Å². The van der Waals surface area contributed by atoms with Gasteiger partial charge in [0.1, 0.15) is 5.69 Å². The number of imidazole rings is 1. The molecule has 0 N–H and O–H groups in total. The van der Waals surface area contributed by atoms with E-state index in [1.54, 1.807) is 0 Å². The van der Waals surface area contributed by atoms with Crippen LogP contribution in [0.2, 0.25) is 0 Å². The van der Waals surface area contributed by atoms with Crippen LogP contribution < -0.4 is 0 Å². The molecule has 0 fully saturated rings. The minimum absolute atomic E-state index is 0.352. The maximum Gasteiger partial charge on any atom is 0.169 e. The number of nitrogens with zero attached hydrogens (tertiary/aromatic N) is 2. The van der Waals surface area contributed by atoms with Crippen LogP contribution in [0.25, 0.3) is 11.4 Å². The summed E-state index contributed by atoms with van der Waals surface area (Å²) in [5.74, 6) is 0.578. The summed E-state index contributed by atoms with van der Waals surface area (Å²) in [6, 6.07) is 9.46. The zero-order valence-corrected chi connectivity index (χ0v) is 7.98. The highest BCUT2D eigenvalue weighted by atomic mass is 35.5. The summed E-state index contributed by atoms with van der Waals surface area (Å²) in [7, 11) is 0. The number of carbonyl (C=O) groups is 1. The SMILES string of the molecule is O=Cc1cnc(-c2ccccc2)n1Cl. The zero-order valence-electron chi connectivity index (χ0n) is 7.22. The number of carbonyl (C=O) groups excluding carboxylic acids is 1. The molecule has 0 aliphatic rings. The summed E-state index contributed by atoms with van der Waals surface area (Å²) >= 11 is 5.88. The second kappa shape index (κ2) is 3.64. The molecule has 1 heterocycles. The number of rotatable bonds is 2. The Bertz CT molecular complexity index is 450. The first-order valence-corrected chi connectivity index (χ1v) is 4.41. The summed E-state index contributed by atoms with van der Waals surface area (Å²) in [6.45, 7) is 0. The van der Waals surface area contributed by atoms with E-state index in [1.807, 2.05) is 30.3 Å². The summed E-state index contributed by atoms with van der Waals surface area (Å²) in [5.41, 5.74) is 1.24. The molecule has 1 aromatic heterocycles. The van der Waals surface area contributed by atoms with Crippen molar-refractivity contribution in [3.8, 4) is 11.4 Å². The smallest absolute Gasteiger partial charge is 0.169 e. The van der Waals surface area contributed by atoms with Crippen LogP contribution in [0, 0.1) is 0 Å². The fourth-order valence-electron chi connectivity index (χ4n) is 1.20. The van der Waals surface area contributed by atoms with E-state index in [2.05, 4.69) is 4.98 Å². The lowest BCUT2D eigenvalue weighted by Crippen LogP contribution is -1.90. The van der Waals surface area contributed by atoms with E-state index in [1.165, 1.54) is 10.3 Å². The van der Waals surface area contributed by atoms with Gasteiger partial charge < -0.3 is 0 Å². The highest BCUT2D eigenvalue weighted by Crippen LogP contribution is 2.19. The molecule has 3 nitrogen and oxygen atoms in total. The zero-order chi connectivity index (χ0) is 9.97. The summed E-state index contributed by atoms with van der Waals surface area (Å²) in [4.78, 5) is 14.6. The number of aldehydes is 1. The second-order valence-corrected chi connectivity index (χ2v) is 3.11. The summed E-state index contributed by atoms with van der Waals surface area (Å²) in [5, 5.41) is 0. The quantitative estimate of drug-likeness (QED) is 0.707. The highest BCUT2D eigenvalue weighted by Gasteiger charge is 2.08. The number of halogens is 1. The lowest BCUT2D eigenvalue weighted by Gasteiger charge is -1.98. The Kier molecular flexibility index (Phi) is 2.33. The second-order valence-electron chi connectivity index (χ2n) is 2.77.